The molecule has 2 N–H and O–H groups in total. The van der Waals surface area contributed by atoms with Gasteiger partial charge in [-0.1, -0.05) is 0 Å². The predicted octanol–water partition coefficient (Wildman–Crippen LogP) is 3.54. The molecule has 0 heterocycles. The van der Waals surface area contributed by atoms with E-state index in [2.05, 4.69) is 10.6 Å². The lowest BCUT2D eigenvalue weighted by atomic mass is 10.1. The van der Waals surface area contributed by atoms with Crippen LogP contribution in [-0.4, -0.2) is 29.7 Å². The van der Waals surface area contributed by atoms with Crippen molar-refractivity contribution in [2.75, 3.05) is 18.4 Å². The highest BCUT2D eigenvalue weighted by molar-refractivity contribution is 5.67. The van der Waals surface area contributed by atoms with Crippen molar-refractivity contribution in [1.29, 1.82) is 0 Å². The number of benzene rings is 1. The quantitative estimate of drug-likeness (QED) is 0.474. The number of nitrogens with zero attached hydrogens (tertiary/aromatic N) is 1. The van der Waals surface area contributed by atoms with E-state index < -0.39 is 11.7 Å². The molecule has 0 aliphatic carbocycles. The number of nitro groups is 1. The van der Waals surface area contributed by atoms with Crippen molar-refractivity contribution in [1.82, 2.24) is 5.32 Å². The van der Waals surface area contributed by atoms with E-state index in [0.29, 0.717) is 25.1 Å². The maximum Gasteiger partial charge on any atom is 0.407 e. The van der Waals surface area contributed by atoms with Crippen LogP contribution in [0.3, 0.4) is 0 Å². The van der Waals surface area contributed by atoms with Gasteiger partial charge in [-0.25, -0.2) is 4.79 Å². The lowest BCUT2D eigenvalue weighted by Crippen LogP contribution is -2.33. The predicted molar refractivity (Wildman–Crippen MR) is 89.9 cm³/mol. The topological polar surface area (TPSA) is 93.5 Å². The number of hydrogen-bond donors (Lipinski definition) is 2. The van der Waals surface area contributed by atoms with Gasteiger partial charge in [-0.2, -0.15) is 0 Å². The van der Waals surface area contributed by atoms with Crippen molar-refractivity contribution in [3.05, 3.63) is 33.4 Å². The zero-order valence-electron chi connectivity index (χ0n) is 14.4. The Labute approximate surface area is 136 Å². The van der Waals surface area contributed by atoms with Gasteiger partial charge in [0.2, 0.25) is 0 Å². The molecule has 1 amide bonds. The van der Waals surface area contributed by atoms with Gasteiger partial charge in [-0.15, -0.1) is 0 Å². The third-order valence-corrected chi connectivity index (χ3v) is 3.08. The van der Waals surface area contributed by atoms with Gasteiger partial charge in [0.1, 0.15) is 5.60 Å². The first-order valence-corrected chi connectivity index (χ1v) is 7.56. The zero-order valence-corrected chi connectivity index (χ0v) is 14.4. The molecule has 0 saturated heterocycles. The number of rotatable bonds is 6. The SMILES string of the molecule is Cc1cc(C)c([N+](=O)[O-])cc1NCCCNC(=O)OC(C)(C)C. The number of aryl methyl sites for hydroxylation is 2. The summed E-state index contributed by atoms with van der Waals surface area (Å²) in [5.41, 5.74) is 1.92. The monoisotopic (exact) mass is 323 g/mol. The summed E-state index contributed by atoms with van der Waals surface area (Å²) in [6.07, 6.45) is 0.236. The number of carbonyl (C=O) groups excluding carboxylic acids is 1. The first-order chi connectivity index (χ1) is 10.6. The largest absolute Gasteiger partial charge is 0.444 e. The molecule has 1 aromatic carbocycles. The normalized spacial score (nSPS) is 11.0. The molecule has 0 spiro atoms. The molecule has 128 valence electrons. The van der Waals surface area contributed by atoms with E-state index in [4.69, 9.17) is 4.74 Å². The highest BCUT2D eigenvalue weighted by atomic mass is 16.6. The summed E-state index contributed by atoms with van der Waals surface area (Å²) in [6, 6.07) is 3.34. The van der Waals surface area contributed by atoms with Gasteiger partial charge in [-0.3, -0.25) is 10.1 Å². The average molecular weight is 323 g/mol. The Balaban J connectivity index is 2.43. The minimum atomic E-state index is -0.514. The summed E-state index contributed by atoms with van der Waals surface area (Å²) >= 11 is 0. The molecule has 0 atom stereocenters. The molecule has 0 unspecified atom stereocenters. The van der Waals surface area contributed by atoms with Gasteiger partial charge in [0.15, 0.2) is 0 Å². The molecule has 0 radical (unpaired) electrons. The van der Waals surface area contributed by atoms with Gasteiger partial charge in [-0.05, 0) is 52.7 Å². The van der Waals surface area contributed by atoms with E-state index in [-0.39, 0.29) is 10.6 Å². The fourth-order valence-corrected chi connectivity index (χ4v) is 2.04. The minimum Gasteiger partial charge on any atom is -0.444 e. The lowest BCUT2D eigenvalue weighted by molar-refractivity contribution is -0.385. The first-order valence-electron chi connectivity index (χ1n) is 7.56. The highest BCUT2D eigenvalue weighted by Crippen LogP contribution is 2.26. The fourth-order valence-electron chi connectivity index (χ4n) is 2.04. The average Bonchev–Trinajstić information content (AvgIpc) is 2.38. The van der Waals surface area contributed by atoms with E-state index >= 15 is 0 Å². The molecule has 7 nitrogen and oxygen atoms in total. The molecule has 1 rings (SSSR count). The molecule has 1 aromatic rings. The van der Waals surface area contributed by atoms with Crippen LogP contribution in [0.25, 0.3) is 0 Å². The molecular formula is C16H25N3O4. The Hall–Kier alpha value is -2.31. The zero-order chi connectivity index (χ0) is 17.6. The number of carbonyl (C=O) groups is 1. The third kappa shape index (κ3) is 6.54. The summed E-state index contributed by atoms with van der Waals surface area (Å²) in [4.78, 5) is 22.1. The smallest absolute Gasteiger partial charge is 0.407 e. The molecule has 0 saturated carbocycles. The van der Waals surface area contributed by atoms with Gasteiger partial charge in [0, 0.05) is 30.4 Å². The summed E-state index contributed by atoms with van der Waals surface area (Å²) in [5.74, 6) is 0. The van der Waals surface area contributed by atoms with Crippen molar-refractivity contribution in [2.24, 2.45) is 0 Å². The van der Waals surface area contributed by atoms with Crippen LogP contribution in [0.15, 0.2) is 12.1 Å². The van der Waals surface area contributed by atoms with Gasteiger partial charge >= 0.3 is 6.09 Å². The second kappa shape index (κ2) is 7.80. The molecule has 0 aromatic heterocycles. The molecule has 0 bridgehead atoms. The Bertz CT molecular complexity index is 579. The Kier molecular flexibility index (Phi) is 6.36. The summed E-state index contributed by atoms with van der Waals surface area (Å²) < 4.78 is 5.13. The van der Waals surface area contributed by atoms with Gasteiger partial charge in [0.25, 0.3) is 5.69 Å². The van der Waals surface area contributed by atoms with Crippen molar-refractivity contribution < 1.29 is 14.5 Å². The lowest BCUT2D eigenvalue weighted by Gasteiger charge is -2.19. The van der Waals surface area contributed by atoms with Crippen LogP contribution < -0.4 is 10.6 Å². The number of alkyl carbamates (subject to hydrolysis) is 1. The van der Waals surface area contributed by atoms with Crippen LogP contribution in [-0.2, 0) is 4.74 Å². The van der Waals surface area contributed by atoms with Crippen molar-refractivity contribution in [2.45, 2.75) is 46.6 Å². The van der Waals surface area contributed by atoms with Crippen LogP contribution >= 0.6 is 0 Å². The van der Waals surface area contributed by atoms with Crippen LogP contribution in [0.1, 0.15) is 38.3 Å². The second-order valence-electron chi connectivity index (χ2n) is 6.42. The summed E-state index contributed by atoms with van der Waals surface area (Å²) in [5, 5.41) is 16.8. The van der Waals surface area contributed by atoms with E-state index in [9.17, 15) is 14.9 Å². The Morgan fingerprint density at radius 3 is 2.43 bits per heavy atom. The van der Waals surface area contributed by atoms with Crippen LogP contribution in [0.2, 0.25) is 0 Å². The van der Waals surface area contributed by atoms with Crippen LogP contribution in [0, 0.1) is 24.0 Å². The van der Waals surface area contributed by atoms with Gasteiger partial charge < -0.3 is 15.4 Å². The van der Waals surface area contributed by atoms with Crippen LogP contribution in [0.5, 0.6) is 0 Å². The fraction of sp³-hybridized carbons (Fsp3) is 0.562. The molecule has 7 heteroatoms. The minimum absolute atomic E-state index is 0.102. The van der Waals surface area contributed by atoms with E-state index in [1.54, 1.807) is 39.8 Å². The summed E-state index contributed by atoms with van der Waals surface area (Å²) in [6.45, 7) is 10.1. The van der Waals surface area contributed by atoms with E-state index in [0.717, 1.165) is 11.3 Å². The number of amides is 1. The van der Waals surface area contributed by atoms with Crippen LogP contribution in [0.4, 0.5) is 16.2 Å². The maximum atomic E-state index is 11.5. The number of nitro benzene ring substituents is 1. The number of nitrogens with one attached hydrogen (secondary N) is 2. The van der Waals surface area contributed by atoms with E-state index in [1.807, 2.05) is 6.92 Å². The molecular weight excluding hydrogens is 298 g/mol. The highest BCUT2D eigenvalue weighted by Gasteiger charge is 2.15. The third-order valence-electron chi connectivity index (χ3n) is 3.08. The number of anilines is 1. The number of hydrogen-bond acceptors (Lipinski definition) is 5. The van der Waals surface area contributed by atoms with Crippen molar-refractivity contribution in [3.8, 4) is 0 Å². The molecule has 0 aliphatic rings. The Morgan fingerprint density at radius 1 is 1.22 bits per heavy atom. The van der Waals surface area contributed by atoms with Crippen molar-refractivity contribution >= 4 is 17.5 Å². The molecule has 0 aliphatic heterocycles. The standard InChI is InChI=1S/C16H25N3O4/c1-11-9-12(2)14(19(21)22)10-13(11)17-7-6-8-18-15(20)23-16(3,4)5/h9-10,17H,6-8H2,1-5H3,(H,18,20). The molecule has 0 fully saturated rings. The summed E-state index contributed by atoms with van der Waals surface area (Å²) in [7, 11) is 0. The van der Waals surface area contributed by atoms with Gasteiger partial charge in [0.05, 0.1) is 4.92 Å². The molecule has 23 heavy (non-hydrogen) atoms. The van der Waals surface area contributed by atoms with E-state index in [1.165, 1.54) is 0 Å². The Morgan fingerprint density at radius 2 is 1.87 bits per heavy atom. The number of ether oxygens (including phenoxy) is 1. The van der Waals surface area contributed by atoms with Crippen molar-refractivity contribution in [3.63, 3.8) is 0 Å². The second-order valence-corrected chi connectivity index (χ2v) is 6.42. The maximum absolute atomic E-state index is 11.5. The first kappa shape index (κ1) is 18.7.